The lowest BCUT2D eigenvalue weighted by Crippen LogP contribution is -2.24. The van der Waals surface area contributed by atoms with Gasteiger partial charge in [-0.15, -0.1) is 0 Å². The SMILES string of the molecule is CCCCn1c(SCC(=O)Nc2ccc(CC)cc2)nc2cc(C)[nH]c2c1=O. The van der Waals surface area contributed by atoms with Crippen LogP contribution >= 0.6 is 11.8 Å². The summed E-state index contributed by atoms with van der Waals surface area (Å²) in [4.78, 5) is 32.9. The van der Waals surface area contributed by atoms with Crippen LogP contribution in [-0.2, 0) is 17.8 Å². The highest BCUT2D eigenvalue weighted by Crippen LogP contribution is 2.19. The van der Waals surface area contributed by atoms with E-state index in [0.717, 1.165) is 30.6 Å². The number of H-pyrrole nitrogens is 1. The third-order valence-corrected chi connectivity index (χ3v) is 5.53. The van der Waals surface area contributed by atoms with Crippen molar-refractivity contribution in [3.05, 3.63) is 51.9 Å². The number of thioether (sulfide) groups is 1. The molecule has 0 spiro atoms. The lowest BCUT2D eigenvalue weighted by Gasteiger charge is -2.11. The Morgan fingerprint density at radius 2 is 2.00 bits per heavy atom. The minimum absolute atomic E-state index is 0.0791. The summed E-state index contributed by atoms with van der Waals surface area (Å²) < 4.78 is 1.68. The highest BCUT2D eigenvalue weighted by molar-refractivity contribution is 7.99. The fourth-order valence-corrected chi connectivity index (χ4v) is 3.81. The van der Waals surface area contributed by atoms with E-state index in [0.29, 0.717) is 22.7 Å². The van der Waals surface area contributed by atoms with E-state index in [4.69, 9.17) is 0 Å². The van der Waals surface area contributed by atoms with Crippen LogP contribution in [0.25, 0.3) is 11.0 Å². The molecule has 7 heteroatoms. The van der Waals surface area contributed by atoms with Crippen molar-refractivity contribution >= 4 is 34.4 Å². The first-order valence-corrected chi connectivity index (χ1v) is 10.6. The molecule has 3 aromatic rings. The van der Waals surface area contributed by atoms with E-state index in [1.165, 1.54) is 17.3 Å². The maximum absolute atomic E-state index is 12.8. The lowest BCUT2D eigenvalue weighted by molar-refractivity contribution is -0.113. The molecule has 0 atom stereocenters. The molecular weight excluding hydrogens is 372 g/mol. The van der Waals surface area contributed by atoms with Crippen LogP contribution in [0.1, 0.15) is 37.9 Å². The maximum atomic E-state index is 12.8. The van der Waals surface area contributed by atoms with E-state index in [-0.39, 0.29) is 17.2 Å². The van der Waals surface area contributed by atoms with Crippen LogP contribution in [0.4, 0.5) is 5.69 Å². The predicted molar refractivity (Wildman–Crippen MR) is 115 cm³/mol. The molecule has 0 saturated heterocycles. The van der Waals surface area contributed by atoms with E-state index >= 15 is 0 Å². The summed E-state index contributed by atoms with van der Waals surface area (Å²) in [5, 5.41) is 3.49. The van der Waals surface area contributed by atoms with Crippen LogP contribution in [0, 0.1) is 6.92 Å². The van der Waals surface area contributed by atoms with E-state index < -0.39 is 0 Å². The Balaban J connectivity index is 1.76. The van der Waals surface area contributed by atoms with Crippen LogP contribution in [0.2, 0.25) is 0 Å². The Hall–Kier alpha value is -2.54. The second-order valence-corrected chi connectivity index (χ2v) is 7.75. The van der Waals surface area contributed by atoms with Crippen molar-refractivity contribution in [2.75, 3.05) is 11.1 Å². The smallest absolute Gasteiger partial charge is 0.278 e. The number of amides is 1. The van der Waals surface area contributed by atoms with Crippen LogP contribution in [0.5, 0.6) is 0 Å². The zero-order valence-corrected chi connectivity index (χ0v) is 17.4. The second kappa shape index (κ2) is 9.10. The monoisotopic (exact) mass is 398 g/mol. The summed E-state index contributed by atoms with van der Waals surface area (Å²) >= 11 is 1.30. The fourth-order valence-electron chi connectivity index (χ4n) is 2.99. The van der Waals surface area contributed by atoms with E-state index in [9.17, 15) is 9.59 Å². The van der Waals surface area contributed by atoms with Gasteiger partial charge < -0.3 is 10.3 Å². The van der Waals surface area contributed by atoms with Crippen LogP contribution in [0.15, 0.2) is 40.3 Å². The number of carbonyl (C=O) groups is 1. The number of carbonyl (C=O) groups excluding carboxylic acids is 1. The molecule has 3 rings (SSSR count). The number of aromatic amines is 1. The number of hydrogen-bond donors (Lipinski definition) is 2. The molecule has 0 unspecified atom stereocenters. The quantitative estimate of drug-likeness (QED) is 0.442. The molecule has 2 aromatic heterocycles. The van der Waals surface area contributed by atoms with E-state index in [1.54, 1.807) is 4.57 Å². The van der Waals surface area contributed by atoms with Gasteiger partial charge in [0, 0.05) is 17.9 Å². The number of aromatic nitrogens is 3. The summed E-state index contributed by atoms with van der Waals surface area (Å²) in [6, 6.07) is 9.70. The normalized spacial score (nSPS) is 11.1. The highest BCUT2D eigenvalue weighted by atomic mass is 32.2. The topological polar surface area (TPSA) is 79.8 Å². The number of nitrogens with one attached hydrogen (secondary N) is 2. The van der Waals surface area contributed by atoms with E-state index in [2.05, 4.69) is 29.1 Å². The van der Waals surface area contributed by atoms with Crippen molar-refractivity contribution in [2.24, 2.45) is 0 Å². The Labute approximate surface area is 168 Å². The van der Waals surface area contributed by atoms with Gasteiger partial charge in [-0.1, -0.05) is 44.2 Å². The van der Waals surface area contributed by atoms with Gasteiger partial charge in [-0.05, 0) is 43.5 Å². The molecule has 0 aliphatic carbocycles. The third kappa shape index (κ3) is 4.65. The highest BCUT2D eigenvalue weighted by Gasteiger charge is 2.14. The Bertz CT molecular complexity index is 1020. The van der Waals surface area contributed by atoms with Crippen LogP contribution in [0.3, 0.4) is 0 Å². The van der Waals surface area contributed by atoms with Gasteiger partial charge in [0.1, 0.15) is 5.52 Å². The molecule has 1 amide bonds. The van der Waals surface area contributed by atoms with Crippen LogP contribution < -0.4 is 10.9 Å². The van der Waals surface area contributed by atoms with Gasteiger partial charge in [0.2, 0.25) is 5.91 Å². The van der Waals surface area contributed by atoms with Crippen molar-refractivity contribution in [1.29, 1.82) is 0 Å². The molecule has 0 aliphatic heterocycles. The average Bonchev–Trinajstić information content (AvgIpc) is 3.07. The number of rotatable bonds is 8. The van der Waals surface area contributed by atoms with Gasteiger partial charge in [-0.25, -0.2) is 4.98 Å². The molecule has 0 radical (unpaired) electrons. The second-order valence-electron chi connectivity index (χ2n) is 6.80. The summed E-state index contributed by atoms with van der Waals surface area (Å²) in [5.74, 6) is 0.0825. The Kier molecular flexibility index (Phi) is 6.57. The van der Waals surface area contributed by atoms with Gasteiger partial charge in [-0.2, -0.15) is 0 Å². The lowest BCUT2D eigenvalue weighted by atomic mass is 10.1. The van der Waals surface area contributed by atoms with Gasteiger partial charge in [0.15, 0.2) is 5.16 Å². The number of fused-ring (bicyclic) bond motifs is 1. The first-order chi connectivity index (χ1) is 13.5. The summed E-state index contributed by atoms with van der Waals surface area (Å²) in [7, 11) is 0. The summed E-state index contributed by atoms with van der Waals surface area (Å²) in [5.41, 5.74) is 4.00. The molecule has 0 bridgehead atoms. The Morgan fingerprint density at radius 3 is 2.68 bits per heavy atom. The summed E-state index contributed by atoms with van der Waals surface area (Å²) in [6.45, 7) is 6.68. The van der Waals surface area contributed by atoms with Gasteiger partial charge in [0.05, 0.1) is 11.3 Å². The van der Waals surface area contributed by atoms with Gasteiger partial charge in [0.25, 0.3) is 5.56 Å². The molecule has 0 saturated carbocycles. The largest absolute Gasteiger partial charge is 0.353 e. The molecule has 28 heavy (non-hydrogen) atoms. The van der Waals surface area contributed by atoms with Gasteiger partial charge in [-0.3, -0.25) is 14.2 Å². The molecular formula is C21H26N4O2S. The fraction of sp³-hybridized carbons (Fsp3) is 0.381. The average molecular weight is 399 g/mol. The van der Waals surface area contributed by atoms with Crippen molar-refractivity contribution in [1.82, 2.24) is 14.5 Å². The number of benzene rings is 1. The number of unbranched alkanes of at least 4 members (excludes halogenated alkanes) is 1. The molecule has 0 fully saturated rings. The number of aryl methyl sites for hydroxylation is 2. The predicted octanol–water partition coefficient (Wildman–Crippen LogP) is 4.13. The molecule has 6 nitrogen and oxygen atoms in total. The first kappa shape index (κ1) is 20.2. The standard InChI is InChI=1S/C21H26N4O2S/c1-4-6-11-25-20(27)19-17(12-14(3)22-19)24-21(25)28-13-18(26)23-16-9-7-15(5-2)8-10-16/h7-10,12,22H,4-6,11,13H2,1-3H3,(H,23,26). The minimum Gasteiger partial charge on any atom is -0.353 e. The van der Waals surface area contributed by atoms with Crippen LogP contribution in [-0.4, -0.2) is 26.2 Å². The number of nitrogens with zero attached hydrogens (tertiary/aromatic N) is 2. The molecule has 2 heterocycles. The van der Waals surface area contributed by atoms with Crippen molar-refractivity contribution in [3.8, 4) is 0 Å². The number of anilines is 1. The van der Waals surface area contributed by atoms with Crippen molar-refractivity contribution in [3.63, 3.8) is 0 Å². The van der Waals surface area contributed by atoms with E-state index in [1.807, 2.05) is 37.3 Å². The molecule has 1 aromatic carbocycles. The molecule has 0 aliphatic rings. The zero-order chi connectivity index (χ0) is 20.1. The summed E-state index contributed by atoms with van der Waals surface area (Å²) in [6.07, 6.45) is 2.83. The maximum Gasteiger partial charge on any atom is 0.278 e. The minimum atomic E-state index is -0.115. The zero-order valence-electron chi connectivity index (χ0n) is 16.5. The van der Waals surface area contributed by atoms with Crippen molar-refractivity contribution in [2.45, 2.75) is 51.7 Å². The van der Waals surface area contributed by atoms with Crippen molar-refractivity contribution < 1.29 is 4.79 Å². The molecule has 2 N–H and O–H groups in total. The number of hydrogen-bond acceptors (Lipinski definition) is 4. The first-order valence-electron chi connectivity index (χ1n) is 9.63. The van der Waals surface area contributed by atoms with Gasteiger partial charge >= 0.3 is 0 Å². The molecule has 148 valence electrons. The third-order valence-electron chi connectivity index (χ3n) is 4.55. The Morgan fingerprint density at radius 1 is 1.25 bits per heavy atom.